The molecule has 3 saturated carbocycles. The Hall–Kier alpha value is -0.780. The van der Waals surface area contributed by atoms with Crippen LogP contribution in [0.1, 0.15) is 85.5 Å². The lowest BCUT2D eigenvalue weighted by Gasteiger charge is -2.58. The molecule has 0 bridgehead atoms. The number of allylic oxidation sites excluding steroid dienone is 1. The monoisotopic (exact) mass is 738 g/mol. The molecule has 52 heavy (non-hydrogen) atoms. The van der Waals surface area contributed by atoms with Crippen LogP contribution in [0.5, 0.6) is 0 Å². The van der Waals surface area contributed by atoms with Crippen molar-refractivity contribution in [1.29, 1.82) is 0 Å². The molecule has 4 heterocycles. The molecule has 7 N–H and O–H groups in total. The summed E-state index contributed by atoms with van der Waals surface area (Å²) in [6.07, 6.45) is -3.06. The van der Waals surface area contributed by atoms with Crippen LogP contribution in [0.4, 0.5) is 0 Å². The third-order valence-corrected chi connectivity index (χ3v) is 15.6. The van der Waals surface area contributed by atoms with E-state index in [1.54, 1.807) is 0 Å². The summed E-state index contributed by atoms with van der Waals surface area (Å²) in [6, 6.07) is 0. The molecule has 0 aromatic carbocycles. The quantitative estimate of drug-likeness (QED) is 0.193. The first-order chi connectivity index (χ1) is 24.7. The fourth-order valence-corrected chi connectivity index (χ4v) is 12.6. The van der Waals surface area contributed by atoms with E-state index in [1.807, 2.05) is 0 Å². The highest BCUT2D eigenvalue weighted by atomic mass is 16.7. The molecule has 21 atom stereocenters. The molecular weight excluding hydrogens is 676 g/mol. The first kappa shape index (κ1) is 38.1. The summed E-state index contributed by atoms with van der Waals surface area (Å²) in [4.78, 5) is 0. The molecule has 4 unspecified atom stereocenters. The number of ether oxygens (including phenoxy) is 6. The largest absolute Gasteiger partial charge is 0.394 e. The lowest BCUT2D eigenvalue weighted by molar-refractivity contribution is -0.363. The topological polar surface area (TPSA) is 197 Å². The zero-order valence-corrected chi connectivity index (χ0v) is 31.0. The van der Waals surface area contributed by atoms with Crippen LogP contribution in [0.3, 0.4) is 0 Å². The highest BCUT2D eigenvalue weighted by molar-refractivity contribution is 5.26. The maximum Gasteiger partial charge on any atom is 0.187 e. The molecule has 1 spiro atoms. The van der Waals surface area contributed by atoms with E-state index >= 15 is 0 Å². The van der Waals surface area contributed by atoms with Crippen molar-refractivity contribution in [3.8, 4) is 0 Å². The van der Waals surface area contributed by atoms with Crippen molar-refractivity contribution < 1.29 is 64.2 Å². The molecule has 4 aliphatic carbocycles. The van der Waals surface area contributed by atoms with Gasteiger partial charge in [-0.1, -0.05) is 39.3 Å². The van der Waals surface area contributed by atoms with Crippen molar-refractivity contribution in [3.05, 3.63) is 11.6 Å². The lowest BCUT2D eigenvalue weighted by Crippen LogP contribution is -2.65. The Bertz CT molecular complexity index is 1320. The van der Waals surface area contributed by atoms with E-state index in [9.17, 15) is 35.7 Å². The molecule has 0 aromatic heterocycles. The number of hydrogen-bond donors (Lipinski definition) is 7. The normalized spacial score (nSPS) is 57.5. The number of aliphatic hydroxyl groups is 7. The van der Waals surface area contributed by atoms with Crippen molar-refractivity contribution in [2.75, 3.05) is 19.8 Å². The molecule has 296 valence electrons. The van der Waals surface area contributed by atoms with E-state index in [0.29, 0.717) is 41.9 Å². The highest BCUT2D eigenvalue weighted by Gasteiger charge is 2.68. The van der Waals surface area contributed by atoms with Crippen molar-refractivity contribution in [2.24, 2.45) is 46.3 Å². The van der Waals surface area contributed by atoms with Gasteiger partial charge in [-0.15, -0.1) is 0 Å². The Morgan fingerprint density at radius 2 is 1.50 bits per heavy atom. The van der Waals surface area contributed by atoms with Crippen LogP contribution in [0.2, 0.25) is 0 Å². The van der Waals surface area contributed by atoms with Crippen LogP contribution < -0.4 is 0 Å². The second-order valence-corrected chi connectivity index (χ2v) is 18.3. The van der Waals surface area contributed by atoms with E-state index in [2.05, 4.69) is 33.8 Å². The fraction of sp³-hybridized carbons (Fsp3) is 0.949. The zero-order chi connectivity index (χ0) is 36.9. The molecule has 8 aliphatic rings. The Morgan fingerprint density at radius 1 is 0.788 bits per heavy atom. The Labute approximate surface area is 306 Å². The molecule has 0 radical (unpaired) electrons. The second-order valence-electron chi connectivity index (χ2n) is 18.3. The molecule has 13 nitrogen and oxygen atoms in total. The first-order valence-corrected chi connectivity index (χ1v) is 20.0. The molecule has 4 aliphatic heterocycles. The smallest absolute Gasteiger partial charge is 0.187 e. The van der Waals surface area contributed by atoms with Gasteiger partial charge in [0, 0.05) is 12.3 Å². The molecule has 8 rings (SSSR count). The van der Waals surface area contributed by atoms with Crippen LogP contribution in [0.25, 0.3) is 0 Å². The first-order valence-electron chi connectivity index (χ1n) is 20.0. The maximum absolute atomic E-state index is 11.1. The van der Waals surface area contributed by atoms with Gasteiger partial charge in [-0.25, -0.2) is 0 Å². The molecular formula is C39H62O13. The van der Waals surface area contributed by atoms with Gasteiger partial charge in [-0.3, -0.25) is 0 Å². The predicted molar refractivity (Wildman–Crippen MR) is 183 cm³/mol. The van der Waals surface area contributed by atoms with E-state index in [-0.39, 0.29) is 23.0 Å². The Balaban J connectivity index is 0.913. The average molecular weight is 739 g/mol. The van der Waals surface area contributed by atoms with Crippen molar-refractivity contribution in [3.63, 3.8) is 0 Å². The van der Waals surface area contributed by atoms with E-state index in [4.69, 9.17) is 28.4 Å². The van der Waals surface area contributed by atoms with Gasteiger partial charge in [0.1, 0.15) is 48.8 Å². The van der Waals surface area contributed by atoms with Crippen LogP contribution in [0.15, 0.2) is 11.6 Å². The van der Waals surface area contributed by atoms with Crippen LogP contribution >= 0.6 is 0 Å². The average Bonchev–Trinajstić information content (AvgIpc) is 3.58. The SMILES string of the molecule is C[C@@H]1CC[C@@]2(OC1)O[C@H]1C[C@H]3[C@@H]4CC=C5C[C@@H](O[C@@H]6OC(CO)[C@@H](O[C@@H]7OC(CO)[C@@H](O)[C@H](O)C7O)[C@H](O)C6O)CC[C@]5(C)[C@H]4CC[C@]3(C)[C@H]1[C@@H]2C. The van der Waals surface area contributed by atoms with E-state index in [1.165, 1.54) is 24.8 Å². The highest BCUT2D eigenvalue weighted by Crippen LogP contribution is 2.70. The van der Waals surface area contributed by atoms with Crippen molar-refractivity contribution in [1.82, 2.24) is 0 Å². The van der Waals surface area contributed by atoms with Gasteiger partial charge < -0.3 is 64.2 Å². The predicted octanol–water partition coefficient (Wildman–Crippen LogP) is 1.36. The number of hydrogen-bond acceptors (Lipinski definition) is 13. The summed E-state index contributed by atoms with van der Waals surface area (Å²) in [5.41, 5.74) is 1.70. The molecule has 0 aromatic rings. The van der Waals surface area contributed by atoms with Gasteiger partial charge in [0.05, 0.1) is 32.0 Å². The van der Waals surface area contributed by atoms with Gasteiger partial charge in [-0.2, -0.15) is 0 Å². The third kappa shape index (κ3) is 5.90. The Morgan fingerprint density at radius 3 is 2.21 bits per heavy atom. The third-order valence-electron chi connectivity index (χ3n) is 15.6. The van der Waals surface area contributed by atoms with E-state index < -0.39 is 80.4 Å². The molecule has 4 saturated heterocycles. The standard InChI is InChI=1S/C39H62O13/c1-18-7-12-39(47-17-18)19(2)28-25(52-39)14-24-22-6-5-20-13-21(8-10-37(20,3)23(22)9-11-38(24,28)4)48-35-33(46)31(44)34(27(16-41)50-35)51-36-32(45)30(43)29(42)26(15-40)49-36/h5,18-19,21-36,40-46H,6-17H2,1-4H3/t18-,19+,21+,22-,23+,24+,25+,26?,27?,28+,29-,30+,31-,32?,33?,34-,35-,36+,37+,38+,39-/m1/s1. The molecule has 0 amide bonds. The second kappa shape index (κ2) is 14.0. The molecule has 7 fully saturated rings. The number of aliphatic hydroxyl groups excluding tert-OH is 7. The van der Waals surface area contributed by atoms with Crippen molar-refractivity contribution >= 4 is 0 Å². The van der Waals surface area contributed by atoms with Gasteiger partial charge in [0.25, 0.3) is 0 Å². The summed E-state index contributed by atoms with van der Waals surface area (Å²) in [6.45, 7) is 9.20. The zero-order valence-electron chi connectivity index (χ0n) is 31.0. The number of rotatable bonds is 6. The van der Waals surface area contributed by atoms with E-state index in [0.717, 1.165) is 38.7 Å². The number of fused-ring (bicyclic) bond motifs is 7. The minimum atomic E-state index is -1.72. The maximum atomic E-state index is 11.1. The minimum Gasteiger partial charge on any atom is -0.394 e. The summed E-state index contributed by atoms with van der Waals surface area (Å²) >= 11 is 0. The van der Waals surface area contributed by atoms with Crippen molar-refractivity contribution in [2.45, 2.75) is 165 Å². The summed E-state index contributed by atoms with van der Waals surface area (Å²) in [7, 11) is 0. The van der Waals surface area contributed by atoms with Gasteiger partial charge in [0.2, 0.25) is 0 Å². The van der Waals surface area contributed by atoms with Gasteiger partial charge >= 0.3 is 0 Å². The van der Waals surface area contributed by atoms with Crippen LogP contribution in [-0.4, -0.2) is 135 Å². The summed E-state index contributed by atoms with van der Waals surface area (Å²) in [5.74, 6) is 2.92. The summed E-state index contributed by atoms with van der Waals surface area (Å²) in [5, 5.41) is 72.7. The lowest BCUT2D eigenvalue weighted by atomic mass is 9.47. The fourth-order valence-electron chi connectivity index (χ4n) is 12.6. The van der Waals surface area contributed by atoms with Gasteiger partial charge in [0.15, 0.2) is 18.4 Å². The Kier molecular flexibility index (Phi) is 10.3. The van der Waals surface area contributed by atoms with Gasteiger partial charge in [-0.05, 0) is 91.8 Å². The summed E-state index contributed by atoms with van der Waals surface area (Å²) < 4.78 is 36.9. The minimum absolute atomic E-state index is 0.0572. The van der Waals surface area contributed by atoms with Crippen LogP contribution in [-0.2, 0) is 28.4 Å². The van der Waals surface area contributed by atoms with Crippen LogP contribution in [0, 0.1) is 46.3 Å². The molecule has 13 heteroatoms.